The maximum absolute atomic E-state index is 6.45. The highest BCUT2D eigenvalue weighted by Gasteiger charge is 2.27. The molecule has 0 bridgehead atoms. The fourth-order valence-electron chi connectivity index (χ4n) is 3.29. The second kappa shape index (κ2) is 5.06. The number of fused-ring (bicyclic) bond motifs is 1. The van der Waals surface area contributed by atoms with Crippen LogP contribution in [0, 0.1) is 20.8 Å². The van der Waals surface area contributed by atoms with Gasteiger partial charge in [-0.3, -0.25) is 0 Å². The molecule has 0 aromatic heterocycles. The van der Waals surface area contributed by atoms with Crippen molar-refractivity contribution in [3.8, 4) is 0 Å². The first-order valence-corrected chi connectivity index (χ1v) is 7.46. The first kappa shape index (κ1) is 13.4. The number of benzene rings is 2. The highest BCUT2D eigenvalue weighted by Crippen LogP contribution is 2.33. The van der Waals surface area contributed by atoms with Crippen molar-refractivity contribution >= 4 is 0 Å². The number of hydrogen-bond donors (Lipinski definition) is 1. The van der Waals surface area contributed by atoms with Gasteiger partial charge in [-0.1, -0.05) is 42.0 Å². The van der Waals surface area contributed by atoms with Crippen molar-refractivity contribution in [1.29, 1.82) is 0 Å². The molecule has 2 N–H and O–H groups in total. The lowest BCUT2D eigenvalue weighted by molar-refractivity contribution is 0.496. The Bertz CT molecular complexity index is 642. The van der Waals surface area contributed by atoms with E-state index in [0.29, 0.717) is 5.92 Å². The van der Waals surface area contributed by atoms with Crippen molar-refractivity contribution in [1.82, 2.24) is 0 Å². The van der Waals surface area contributed by atoms with Gasteiger partial charge in [0.15, 0.2) is 0 Å². The molecule has 20 heavy (non-hydrogen) atoms. The van der Waals surface area contributed by atoms with Crippen LogP contribution < -0.4 is 5.73 Å². The topological polar surface area (TPSA) is 26.0 Å². The van der Waals surface area contributed by atoms with Crippen LogP contribution in [0.3, 0.4) is 0 Å². The molecule has 1 nitrogen and oxygen atoms in total. The summed E-state index contributed by atoms with van der Waals surface area (Å²) >= 11 is 0. The summed E-state index contributed by atoms with van der Waals surface area (Å²) in [4.78, 5) is 0. The van der Waals surface area contributed by atoms with Gasteiger partial charge in [0.05, 0.1) is 0 Å². The van der Waals surface area contributed by atoms with E-state index in [-0.39, 0.29) is 6.04 Å². The summed E-state index contributed by atoms with van der Waals surface area (Å²) < 4.78 is 0. The second-order valence-electron chi connectivity index (χ2n) is 6.29. The van der Waals surface area contributed by atoms with E-state index in [1.807, 2.05) is 0 Å². The molecule has 0 radical (unpaired) electrons. The zero-order valence-corrected chi connectivity index (χ0v) is 12.6. The molecule has 1 aliphatic rings. The van der Waals surface area contributed by atoms with Gasteiger partial charge in [0.1, 0.15) is 0 Å². The molecule has 0 heterocycles. The van der Waals surface area contributed by atoms with Gasteiger partial charge in [-0.2, -0.15) is 0 Å². The molecule has 2 atom stereocenters. The van der Waals surface area contributed by atoms with Crippen LogP contribution in [0.15, 0.2) is 36.4 Å². The molecular weight excluding hydrogens is 242 g/mol. The largest absolute Gasteiger partial charge is 0.327 e. The van der Waals surface area contributed by atoms with E-state index < -0.39 is 0 Å². The molecule has 1 heteroatoms. The molecule has 0 amide bonds. The molecule has 3 rings (SSSR count). The maximum atomic E-state index is 6.45. The van der Waals surface area contributed by atoms with E-state index in [4.69, 9.17) is 5.73 Å². The van der Waals surface area contributed by atoms with Crippen LogP contribution in [0.1, 0.15) is 39.3 Å². The first-order chi connectivity index (χ1) is 9.54. The third-order valence-electron chi connectivity index (χ3n) is 4.73. The summed E-state index contributed by atoms with van der Waals surface area (Å²) in [6.07, 6.45) is 2.06. The zero-order valence-electron chi connectivity index (χ0n) is 12.6. The highest BCUT2D eigenvalue weighted by molar-refractivity contribution is 5.40. The number of nitrogens with two attached hydrogens (primary N) is 1. The van der Waals surface area contributed by atoms with Gasteiger partial charge in [0.2, 0.25) is 0 Å². The summed E-state index contributed by atoms with van der Waals surface area (Å²) in [6.45, 7) is 6.52. The van der Waals surface area contributed by atoms with E-state index >= 15 is 0 Å². The van der Waals surface area contributed by atoms with Gasteiger partial charge >= 0.3 is 0 Å². The Hall–Kier alpha value is -1.60. The SMILES string of the molecule is Cc1ccc2c(c1)CC(c1ccc(C)c(C)c1)C(N)C2. The summed E-state index contributed by atoms with van der Waals surface area (Å²) in [7, 11) is 0. The van der Waals surface area contributed by atoms with Crippen molar-refractivity contribution < 1.29 is 0 Å². The lowest BCUT2D eigenvalue weighted by atomic mass is 9.76. The fraction of sp³-hybridized carbons (Fsp3) is 0.368. The van der Waals surface area contributed by atoms with Crippen LogP contribution in [0.5, 0.6) is 0 Å². The third kappa shape index (κ3) is 2.38. The predicted octanol–water partition coefficient (Wildman–Crippen LogP) is 3.82. The number of rotatable bonds is 1. The summed E-state index contributed by atoms with van der Waals surface area (Å²) in [5, 5.41) is 0. The fourth-order valence-corrected chi connectivity index (χ4v) is 3.29. The Morgan fingerprint density at radius 3 is 2.40 bits per heavy atom. The lowest BCUT2D eigenvalue weighted by Gasteiger charge is -2.31. The van der Waals surface area contributed by atoms with Gasteiger partial charge in [0, 0.05) is 12.0 Å². The Morgan fingerprint density at radius 1 is 0.850 bits per heavy atom. The molecule has 2 aromatic carbocycles. The lowest BCUT2D eigenvalue weighted by Crippen LogP contribution is -2.36. The van der Waals surface area contributed by atoms with E-state index in [2.05, 4.69) is 57.2 Å². The van der Waals surface area contributed by atoms with Gasteiger partial charge in [0.25, 0.3) is 0 Å². The normalized spacial score (nSPS) is 21.6. The quantitative estimate of drug-likeness (QED) is 0.833. The number of hydrogen-bond acceptors (Lipinski definition) is 1. The average Bonchev–Trinajstić information content (AvgIpc) is 2.42. The molecule has 2 unspecified atom stereocenters. The highest BCUT2D eigenvalue weighted by atomic mass is 14.7. The van der Waals surface area contributed by atoms with Crippen molar-refractivity contribution in [3.05, 3.63) is 69.8 Å². The second-order valence-corrected chi connectivity index (χ2v) is 6.29. The molecular formula is C19H23N. The van der Waals surface area contributed by atoms with Crippen LogP contribution in [0.2, 0.25) is 0 Å². The van der Waals surface area contributed by atoms with Gasteiger partial charge in [-0.05, 0) is 61.4 Å². The molecule has 0 fully saturated rings. The minimum Gasteiger partial charge on any atom is -0.327 e. The van der Waals surface area contributed by atoms with Gasteiger partial charge < -0.3 is 5.73 Å². The van der Waals surface area contributed by atoms with Crippen molar-refractivity contribution in [2.45, 2.75) is 45.6 Å². The molecule has 1 aliphatic carbocycles. The monoisotopic (exact) mass is 265 g/mol. The standard InChI is InChI=1S/C19H23N/c1-12-4-6-15-11-19(20)18(10-17(15)8-12)16-7-5-13(2)14(3)9-16/h4-9,18-19H,10-11,20H2,1-3H3. The maximum Gasteiger partial charge on any atom is 0.0152 e. The van der Waals surface area contributed by atoms with Crippen LogP contribution in [-0.2, 0) is 12.8 Å². The summed E-state index contributed by atoms with van der Waals surface area (Å²) in [5.74, 6) is 0.448. The van der Waals surface area contributed by atoms with Crippen LogP contribution in [0.4, 0.5) is 0 Å². The first-order valence-electron chi connectivity index (χ1n) is 7.46. The van der Waals surface area contributed by atoms with Gasteiger partial charge in [-0.15, -0.1) is 0 Å². The minimum atomic E-state index is 0.229. The van der Waals surface area contributed by atoms with Crippen molar-refractivity contribution in [2.75, 3.05) is 0 Å². The minimum absolute atomic E-state index is 0.229. The van der Waals surface area contributed by atoms with E-state index in [1.54, 1.807) is 0 Å². The average molecular weight is 265 g/mol. The molecule has 0 spiro atoms. The van der Waals surface area contributed by atoms with Crippen LogP contribution in [-0.4, -0.2) is 6.04 Å². The molecule has 0 saturated carbocycles. The summed E-state index contributed by atoms with van der Waals surface area (Å²) in [5.41, 5.74) is 14.8. The van der Waals surface area contributed by atoms with Crippen molar-refractivity contribution in [3.63, 3.8) is 0 Å². The predicted molar refractivity (Wildman–Crippen MR) is 85.2 cm³/mol. The molecule has 2 aromatic rings. The molecule has 0 aliphatic heterocycles. The number of aryl methyl sites for hydroxylation is 3. The Balaban J connectivity index is 1.97. The van der Waals surface area contributed by atoms with Crippen LogP contribution in [0.25, 0.3) is 0 Å². The zero-order chi connectivity index (χ0) is 14.3. The van der Waals surface area contributed by atoms with E-state index in [1.165, 1.54) is 33.4 Å². The molecule has 0 saturated heterocycles. The van der Waals surface area contributed by atoms with Gasteiger partial charge in [-0.25, -0.2) is 0 Å². The van der Waals surface area contributed by atoms with E-state index in [0.717, 1.165) is 12.8 Å². The Morgan fingerprint density at radius 2 is 1.65 bits per heavy atom. The Labute approximate surface area is 121 Å². The van der Waals surface area contributed by atoms with Crippen molar-refractivity contribution in [2.24, 2.45) is 5.73 Å². The van der Waals surface area contributed by atoms with E-state index in [9.17, 15) is 0 Å². The Kier molecular flexibility index (Phi) is 3.39. The summed E-state index contributed by atoms with van der Waals surface area (Å²) in [6, 6.07) is 13.8. The smallest absolute Gasteiger partial charge is 0.0152 e. The van der Waals surface area contributed by atoms with Crippen LogP contribution >= 0.6 is 0 Å². The molecule has 104 valence electrons. The third-order valence-corrected chi connectivity index (χ3v) is 4.73.